The highest BCUT2D eigenvalue weighted by atomic mass is 16.6. The Balaban J connectivity index is 2.93. The number of fused-ring (bicyclic) bond motifs is 1. The van der Waals surface area contributed by atoms with Gasteiger partial charge in [0.05, 0.1) is 0 Å². The summed E-state index contributed by atoms with van der Waals surface area (Å²) >= 11 is 0. The summed E-state index contributed by atoms with van der Waals surface area (Å²) in [5, 5.41) is 16.2. The Morgan fingerprint density at radius 2 is 2.18 bits per heavy atom. The molecule has 0 amide bonds. The minimum absolute atomic E-state index is 0.00630. The van der Waals surface area contributed by atoms with Crippen molar-refractivity contribution in [2.24, 2.45) is 0 Å². The second-order valence-corrected chi connectivity index (χ2v) is 2.13. The van der Waals surface area contributed by atoms with Gasteiger partial charge in [0.25, 0.3) is 0 Å². The van der Waals surface area contributed by atoms with E-state index in [4.69, 9.17) is 10.8 Å². The first-order valence-electron chi connectivity index (χ1n) is 2.99. The van der Waals surface area contributed by atoms with Crippen LogP contribution in [0.2, 0.25) is 0 Å². The van der Waals surface area contributed by atoms with E-state index in [1.165, 1.54) is 6.07 Å². The summed E-state index contributed by atoms with van der Waals surface area (Å²) < 4.78 is 4.41. The normalized spacial score (nSPS) is 10.5. The van der Waals surface area contributed by atoms with Crippen molar-refractivity contribution in [3.8, 4) is 5.75 Å². The van der Waals surface area contributed by atoms with Crippen LogP contribution in [0.25, 0.3) is 11.0 Å². The number of benzene rings is 1. The number of phenols is 1. The summed E-state index contributed by atoms with van der Waals surface area (Å²) in [6.07, 6.45) is 0. The molecule has 0 atom stereocenters. The number of nitrogen functional groups attached to an aromatic ring is 1. The van der Waals surface area contributed by atoms with Crippen molar-refractivity contribution in [3.63, 3.8) is 0 Å². The number of nitrogens with two attached hydrogens (primary N) is 1. The van der Waals surface area contributed by atoms with Gasteiger partial charge in [-0.1, -0.05) is 0 Å². The summed E-state index contributed by atoms with van der Waals surface area (Å²) in [6, 6.07) is 3.03. The molecule has 1 heterocycles. The van der Waals surface area contributed by atoms with Crippen LogP contribution in [0.15, 0.2) is 16.8 Å². The van der Waals surface area contributed by atoms with Crippen molar-refractivity contribution in [2.75, 3.05) is 5.73 Å². The molecule has 0 bridgehead atoms. The minimum atomic E-state index is -0.00630. The third kappa shape index (κ3) is 0.706. The van der Waals surface area contributed by atoms with Gasteiger partial charge in [-0.15, -0.1) is 0 Å². The first-order chi connectivity index (χ1) is 5.29. The van der Waals surface area contributed by atoms with Crippen molar-refractivity contribution in [3.05, 3.63) is 12.1 Å². The van der Waals surface area contributed by atoms with Gasteiger partial charge in [-0.2, -0.15) is 0 Å². The zero-order valence-corrected chi connectivity index (χ0v) is 5.48. The van der Waals surface area contributed by atoms with Crippen LogP contribution in [0.4, 0.5) is 5.69 Å². The Bertz CT molecular complexity index is 396. The van der Waals surface area contributed by atoms with E-state index in [1.807, 2.05) is 0 Å². The molecule has 5 nitrogen and oxygen atoms in total. The third-order valence-electron chi connectivity index (χ3n) is 1.44. The van der Waals surface area contributed by atoms with Gasteiger partial charge < -0.3 is 10.8 Å². The molecule has 5 heteroatoms. The van der Waals surface area contributed by atoms with Gasteiger partial charge in [0.15, 0.2) is 5.52 Å². The lowest BCUT2D eigenvalue weighted by Gasteiger charge is -1.94. The average Bonchev–Trinajstić information content (AvgIpc) is 2.45. The van der Waals surface area contributed by atoms with Crippen LogP contribution in [0, 0.1) is 0 Å². The number of rotatable bonds is 0. The molecule has 0 aliphatic carbocycles. The molecule has 11 heavy (non-hydrogen) atoms. The molecule has 2 rings (SSSR count). The molecular weight excluding hydrogens is 146 g/mol. The van der Waals surface area contributed by atoms with E-state index < -0.39 is 0 Å². The Kier molecular flexibility index (Phi) is 1.00. The Morgan fingerprint density at radius 3 is 3.00 bits per heavy atom. The number of nitrogens with zero attached hydrogens (tertiary/aromatic N) is 2. The van der Waals surface area contributed by atoms with Gasteiger partial charge >= 0.3 is 0 Å². The largest absolute Gasteiger partial charge is 0.506 e. The fourth-order valence-corrected chi connectivity index (χ4v) is 0.861. The van der Waals surface area contributed by atoms with Crippen molar-refractivity contribution in [1.29, 1.82) is 0 Å². The average molecular weight is 151 g/mol. The SMILES string of the molecule is Nc1c(O)ccc2nonc12. The lowest BCUT2D eigenvalue weighted by molar-refractivity contribution is 0.315. The molecule has 0 saturated carbocycles. The first-order valence-corrected chi connectivity index (χ1v) is 2.99. The second kappa shape index (κ2) is 1.85. The topological polar surface area (TPSA) is 85.2 Å². The number of hydrogen-bond acceptors (Lipinski definition) is 5. The lowest BCUT2D eigenvalue weighted by Crippen LogP contribution is -1.86. The van der Waals surface area contributed by atoms with Crippen molar-refractivity contribution >= 4 is 16.7 Å². The van der Waals surface area contributed by atoms with Crippen molar-refractivity contribution < 1.29 is 9.74 Å². The summed E-state index contributed by atoms with van der Waals surface area (Å²) in [5.41, 5.74) is 6.58. The second-order valence-electron chi connectivity index (χ2n) is 2.13. The molecule has 0 spiro atoms. The molecule has 56 valence electrons. The molecule has 1 aromatic carbocycles. The van der Waals surface area contributed by atoms with Crippen LogP contribution in [0.5, 0.6) is 5.75 Å². The summed E-state index contributed by atoms with van der Waals surface area (Å²) in [4.78, 5) is 0. The molecule has 0 radical (unpaired) electrons. The maximum atomic E-state index is 9.10. The van der Waals surface area contributed by atoms with Crippen molar-refractivity contribution in [1.82, 2.24) is 10.3 Å². The highest BCUT2D eigenvalue weighted by molar-refractivity contribution is 5.89. The predicted molar refractivity (Wildman–Crippen MR) is 37.9 cm³/mol. The molecule has 3 N–H and O–H groups in total. The molecule has 0 fully saturated rings. The first kappa shape index (κ1) is 5.96. The summed E-state index contributed by atoms with van der Waals surface area (Å²) in [6.45, 7) is 0. The number of phenolic OH excluding ortho intramolecular Hbond substituents is 1. The van der Waals surface area contributed by atoms with Crippen LogP contribution < -0.4 is 5.73 Å². The Labute approximate surface area is 61.4 Å². The van der Waals surface area contributed by atoms with E-state index >= 15 is 0 Å². The van der Waals surface area contributed by atoms with Crippen LogP contribution >= 0.6 is 0 Å². The molecule has 0 saturated heterocycles. The summed E-state index contributed by atoms with van der Waals surface area (Å²) in [7, 11) is 0. The lowest BCUT2D eigenvalue weighted by atomic mass is 10.2. The maximum Gasteiger partial charge on any atom is 0.161 e. The molecular formula is C6H5N3O2. The van der Waals surface area contributed by atoms with Crippen LogP contribution in [-0.4, -0.2) is 15.4 Å². The van der Waals surface area contributed by atoms with Crippen molar-refractivity contribution in [2.45, 2.75) is 0 Å². The fourth-order valence-electron chi connectivity index (χ4n) is 0.861. The van der Waals surface area contributed by atoms with Gasteiger partial charge in [-0.25, -0.2) is 4.63 Å². The molecule has 0 unspecified atom stereocenters. The molecule has 2 aromatic rings. The van der Waals surface area contributed by atoms with E-state index in [1.54, 1.807) is 6.07 Å². The Hall–Kier alpha value is -1.78. The fraction of sp³-hybridized carbons (Fsp3) is 0. The predicted octanol–water partition coefficient (Wildman–Crippen LogP) is 0.511. The van der Waals surface area contributed by atoms with Gasteiger partial charge in [0.2, 0.25) is 0 Å². The summed E-state index contributed by atoms with van der Waals surface area (Å²) in [5.74, 6) is -0.00630. The van der Waals surface area contributed by atoms with E-state index in [0.717, 1.165) is 0 Å². The van der Waals surface area contributed by atoms with E-state index in [2.05, 4.69) is 14.9 Å². The van der Waals surface area contributed by atoms with Gasteiger partial charge in [-0.05, 0) is 22.4 Å². The number of anilines is 1. The van der Waals surface area contributed by atoms with Crippen LogP contribution in [0.3, 0.4) is 0 Å². The zero-order valence-electron chi connectivity index (χ0n) is 5.48. The maximum absolute atomic E-state index is 9.10. The number of aromatic nitrogens is 2. The van der Waals surface area contributed by atoms with E-state index in [0.29, 0.717) is 11.0 Å². The van der Waals surface area contributed by atoms with E-state index in [-0.39, 0.29) is 11.4 Å². The van der Waals surface area contributed by atoms with Gasteiger partial charge in [-0.3, -0.25) is 0 Å². The number of hydrogen-bond donors (Lipinski definition) is 2. The van der Waals surface area contributed by atoms with Gasteiger partial charge in [0.1, 0.15) is 17.0 Å². The smallest absolute Gasteiger partial charge is 0.161 e. The monoisotopic (exact) mass is 151 g/mol. The van der Waals surface area contributed by atoms with Crippen LogP contribution in [0.1, 0.15) is 0 Å². The highest BCUT2D eigenvalue weighted by Gasteiger charge is 2.06. The Morgan fingerprint density at radius 1 is 1.36 bits per heavy atom. The molecule has 0 aliphatic rings. The third-order valence-corrected chi connectivity index (χ3v) is 1.44. The van der Waals surface area contributed by atoms with Crippen LogP contribution in [-0.2, 0) is 0 Å². The standard InChI is InChI=1S/C6H5N3O2/c7-5-4(10)2-1-3-6(5)9-11-8-3/h1-2,10H,7H2. The quantitative estimate of drug-likeness (QED) is 0.423. The van der Waals surface area contributed by atoms with Gasteiger partial charge in [0, 0.05) is 0 Å². The van der Waals surface area contributed by atoms with E-state index in [9.17, 15) is 0 Å². The minimum Gasteiger partial charge on any atom is -0.506 e. The zero-order chi connectivity index (χ0) is 7.84. The molecule has 1 aromatic heterocycles. The molecule has 0 aliphatic heterocycles. The number of aromatic hydroxyl groups is 1. The highest BCUT2D eigenvalue weighted by Crippen LogP contribution is 2.26.